The number of aliphatic hydroxyl groups excluding tert-OH is 1. The minimum absolute atomic E-state index is 0.0398. The van der Waals surface area contributed by atoms with Crippen molar-refractivity contribution in [3.05, 3.63) is 60.2 Å². The van der Waals surface area contributed by atoms with E-state index in [4.69, 9.17) is 0 Å². The molecule has 9 heteroatoms. The summed E-state index contributed by atoms with van der Waals surface area (Å²) in [4.78, 5) is 13.8. The zero-order valence-corrected chi connectivity index (χ0v) is 17.6. The minimum Gasteiger partial charge on any atom is -0.395 e. The molecule has 0 heterocycles. The summed E-state index contributed by atoms with van der Waals surface area (Å²) in [6.45, 7) is 3.90. The van der Waals surface area contributed by atoms with Crippen LogP contribution in [0.15, 0.2) is 59.5 Å². The van der Waals surface area contributed by atoms with E-state index >= 15 is 0 Å². The fraction of sp³-hybridized carbons (Fsp3) is 0.381. The Balaban J connectivity index is 2.24. The monoisotopic (exact) mass is 440 g/mol. The maximum absolute atomic E-state index is 13.0. The highest BCUT2D eigenvalue weighted by Crippen LogP contribution is 2.26. The Morgan fingerprint density at radius 2 is 1.67 bits per heavy atom. The van der Waals surface area contributed by atoms with Crippen molar-refractivity contribution in [2.45, 2.75) is 37.1 Å². The normalized spacial score (nSPS) is 13.1. The third-order valence-electron chi connectivity index (χ3n) is 4.70. The van der Waals surface area contributed by atoms with Crippen LogP contribution in [-0.4, -0.2) is 49.3 Å². The number of nitrogens with zero attached hydrogens (tertiary/aromatic N) is 1. The molecule has 164 valence electrons. The van der Waals surface area contributed by atoms with Gasteiger partial charge in [-0.3, -0.25) is 9.69 Å². The van der Waals surface area contributed by atoms with Crippen LogP contribution in [0.5, 0.6) is 0 Å². The van der Waals surface area contributed by atoms with Crippen molar-refractivity contribution in [1.29, 1.82) is 0 Å². The Hall–Kier alpha value is -2.36. The second-order valence-electron chi connectivity index (χ2n) is 7.23. The first-order chi connectivity index (χ1) is 14.2. The van der Waals surface area contributed by atoms with Gasteiger partial charge in [-0.15, -0.1) is 0 Å². The van der Waals surface area contributed by atoms with Crippen LogP contribution in [0.1, 0.15) is 19.4 Å². The van der Waals surface area contributed by atoms with E-state index in [1.54, 1.807) is 4.90 Å². The largest absolute Gasteiger partial charge is 0.395 e. The average molecular weight is 441 g/mol. The summed E-state index contributed by atoms with van der Waals surface area (Å²) in [6.07, 6.45) is 0. The molecule has 6 nitrogen and oxygen atoms in total. The lowest BCUT2D eigenvalue weighted by Gasteiger charge is -2.32. The zero-order valence-electron chi connectivity index (χ0n) is 16.8. The van der Waals surface area contributed by atoms with E-state index in [1.165, 1.54) is 18.2 Å². The van der Waals surface area contributed by atoms with Crippen LogP contribution in [-0.2, 0) is 21.2 Å². The molecule has 2 aromatic rings. The van der Waals surface area contributed by atoms with E-state index < -0.39 is 26.4 Å². The van der Waals surface area contributed by atoms with Gasteiger partial charge in [0.15, 0.2) is 0 Å². The van der Waals surface area contributed by atoms with E-state index in [0.717, 1.165) is 11.6 Å². The van der Waals surface area contributed by atoms with E-state index in [1.807, 2.05) is 44.2 Å². The second-order valence-corrected chi connectivity index (χ2v) is 9.12. The Bertz CT molecular complexity index is 937. The molecule has 2 N–H and O–H groups in total. The average Bonchev–Trinajstić information content (AvgIpc) is 2.69. The fourth-order valence-corrected chi connectivity index (χ4v) is 4.03. The predicted octanol–water partition coefficient (Wildman–Crippen LogP) is 3.14. The fourth-order valence-electron chi connectivity index (χ4n) is 3.14. The Morgan fingerprint density at radius 1 is 1.07 bits per heavy atom. The molecule has 0 spiro atoms. The number of nitrogens with one attached hydrogen (secondary N) is 1. The molecule has 0 fully saturated rings. The van der Waals surface area contributed by atoms with Gasteiger partial charge in [0.25, 0.3) is 0 Å². The van der Waals surface area contributed by atoms with E-state index in [0.29, 0.717) is 6.54 Å². The van der Waals surface area contributed by atoms with E-state index in [2.05, 4.69) is 5.32 Å². The Labute approximate surface area is 175 Å². The van der Waals surface area contributed by atoms with Crippen molar-refractivity contribution in [3.63, 3.8) is 0 Å². The number of hydrogen-bond donors (Lipinski definition) is 2. The van der Waals surface area contributed by atoms with Gasteiger partial charge in [-0.05, 0) is 23.6 Å². The van der Waals surface area contributed by atoms with E-state index in [9.17, 15) is 27.1 Å². The topological polar surface area (TPSA) is 86.7 Å². The van der Waals surface area contributed by atoms with Crippen molar-refractivity contribution < 1.29 is 27.1 Å². The third-order valence-corrected chi connectivity index (χ3v) is 6.14. The van der Waals surface area contributed by atoms with Crippen molar-refractivity contribution in [3.8, 4) is 0 Å². The number of amides is 1. The number of aliphatic hydroxyl groups is 1. The van der Waals surface area contributed by atoms with Crippen molar-refractivity contribution >= 4 is 21.4 Å². The number of alkyl halides is 2. The van der Waals surface area contributed by atoms with Crippen LogP contribution in [0.25, 0.3) is 0 Å². The Kier molecular flexibility index (Phi) is 8.45. The lowest BCUT2D eigenvalue weighted by molar-refractivity contribution is -0.118. The maximum Gasteiger partial charge on any atom is 0.341 e. The molecule has 2 aromatic carbocycles. The van der Waals surface area contributed by atoms with Gasteiger partial charge in [-0.1, -0.05) is 56.3 Å². The smallest absolute Gasteiger partial charge is 0.341 e. The van der Waals surface area contributed by atoms with Gasteiger partial charge in [0.2, 0.25) is 15.7 Å². The van der Waals surface area contributed by atoms with Crippen LogP contribution in [0, 0.1) is 5.92 Å². The van der Waals surface area contributed by atoms with Gasteiger partial charge in [-0.2, -0.15) is 8.78 Å². The van der Waals surface area contributed by atoms with Crippen molar-refractivity contribution in [2.24, 2.45) is 5.92 Å². The molecule has 0 bridgehead atoms. The van der Waals surface area contributed by atoms with Gasteiger partial charge < -0.3 is 10.4 Å². The first kappa shape index (κ1) is 23.9. The summed E-state index contributed by atoms with van der Waals surface area (Å²) < 4.78 is 49.7. The number of para-hydroxylation sites is 1. The summed E-state index contributed by atoms with van der Waals surface area (Å²) in [7, 11) is -4.87. The molecule has 1 unspecified atom stereocenters. The predicted molar refractivity (Wildman–Crippen MR) is 111 cm³/mol. The summed E-state index contributed by atoms with van der Waals surface area (Å²) in [5, 5.41) is 12.3. The first-order valence-corrected chi connectivity index (χ1v) is 11.0. The van der Waals surface area contributed by atoms with E-state index in [-0.39, 0.29) is 30.8 Å². The first-order valence-electron chi connectivity index (χ1n) is 9.46. The quantitative estimate of drug-likeness (QED) is 0.593. The minimum atomic E-state index is -4.87. The molecule has 30 heavy (non-hydrogen) atoms. The number of carbonyl (C=O) groups excluding carboxylic acids is 1. The summed E-state index contributed by atoms with van der Waals surface area (Å²) in [5.74, 6) is -4.12. The maximum atomic E-state index is 13.0. The van der Waals surface area contributed by atoms with Crippen LogP contribution in [0.4, 0.5) is 14.5 Å². The van der Waals surface area contributed by atoms with Gasteiger partial charge in [0.1, 0.15) is 0 Å². The molecular weight excluding hydrogens is 414 g/mol. The zero-order chi connectivity index (χ0) is 22.3. The van der Waals surface area contributed by atoms with Gasteiger partial charge in [-0.25, -0.2) is 8.42 Å². The lowest BCUT2D eigenvalue weighted by Crippen LogP contribution is -2.45. The molecule has 2 rings (SSSR count). The van der Waals surface area contributed by atoms with Crippen LogP contribution >= 0.6 is 0 Å². The molecule has 0 aliphatic heterocycles. The molecular formula is C21H26F2N2O4S. The number of benzene rings is 2. The number of sulfone groups is 1. The molecule has 0 aliphatic rings. The van der Waals surface area contributed by atoms with Crippen LogP contribution < -0.4 is 5.32 Å². The Morgan fingerprint density at radius 3 is 2.23 bits per heavy atom. The summed E-state index contributed by atoms with van der Waals surface area (Å²) in [6, 6.07) is 14.1. The van der Waals surface area contributed by atoms with Gasteiger partial charge in [0.05, 0.1) is 23.7 Å². The number of halogens is 2. The molecule has 0 radical (unpaired) electrons. The van der Waals surface area contributed by atoms with Crippen molar-refractivity contribution in [2.75, 3.05) is 18.5 Å². The number of rotatable bonds is 10. The lowest BCUT2D eigenvalue weighted by atomic mass is 10.0. The number of anilines is 1. The molecule has 0 aliphatic carbocycles. The molecule has 0 aromatic heterocycles. The summed E-state index contributed by atoms with van der Waals surface area (Å²) >= 11 is 0. The third kappa shape index (κ3) is 6.07. The highest BCUT2D eigenvalue weighted by molar-refractivity contribution is 7.91. The second kappa shape index (κ2) is 10.6. The van der Waals surface area contributed by atoms with Crippen LogP contribution in [0.2, 0.25) is 0 Å². The van der Waals surface area contributed by atoms with Crippen molar-refractivity contribution in [1.82, 2.24) is 4.90 Å². The number of carbonyl (C=O) groups is 1. The highest BCUT2D eigenvalue weighted by atomic mass is 32.2. The molecule has 1 atom stereocenters. The molecule has 0 saturated carbocycles. The number of hydrogen-bond acceptors (Lipinski definition) is 5. The SMILES string of the molecule is CC(C)C(CO)N(CC(=O)Nc1ccccc1S(=O)(=O)C(F)F)Cc1ccccc1. The van der Waals surface area contributed by atoms with Gasteiger partial charge in [0, 0.05) is 12.6 Å². The summed E-state index contributed by atoms with van der Waals surface area (Å²) in [5.41, 5.74) is 0.734. The van der Waals surface area contributed by atoms with Crippen LogP contribution in [0.3, 0.4) is 0 Å². The molecule has 1 amide bonds. The highest BCUT2D eigenvalue weighted by Gasteiger charge is 2.30. The van der Waals surface area contributed by atoms with Gasteiger partial charge >= 0.3 is 5.76 Å². The standard InChI is InChI=1S/C21H26F2N2O4S/c1-15(2)18(14-26)25(12-16-8-4-3-5-9-16)13-20(27)24-17-10-6-7-11-19(17)30(28,29)21(22)23/h3-11,15,18,21,26H,12-14H2,1-2H3,(H,24,27). The molecule has 0 saturated heterocycles.